The van der Waals surface area contributed by atoms with E-state index < -0.39 is 15.6 Å². The van der Waals surface area contributed by atoms with Crippen LogP contribution in [0.1, 0.15) is 11.0 Å². The van der Waals surface area contributed by atoms with E-state index in [1.807, 2.05) is 0 Å². The van der Waals surface area contributed by atoms with Gasteiger partial charge in [0.2, 0.25) is 5.44 Å². The average molecular weight is 227 g/mol. The van der Waals surface area contributed by atoms with Crippen LogP contribution in [-0.2, 0) is 10.1 Å². The second kappa shape index (κ2) is 5.11. The third kappa shape index (κ3) is 3.23. The first kappa shape index (κ1) is 13.9. The van der Waals surface area contributed by atoms with Gasteiger partial charge in [0.25, 0.3) is 10.1 Å². The number of aliphatic hydroxyl groups is 1. The number of aromatic hydroxyl groups is 1. The van der Waals surface area contributed by atoms with E-state index in [9.17, 15) is 8.42 Å². The summed E-state index contributed by atoms with van der Waals surface area (Å²) in [6.45, 7) is 0. The first-order valence-electron chi connectivity index (χ1n) is 3.35. The Morgan fingerprint density at radius 3 is 2.14 bits per heavy atom. The van der Waals surface area contributed by atoms with Crippen LogP contribution < -0.4 is 0 Å². The van der Waals surface area contributed by atoms with Crippen LogP contribution in [0.15, 0.2) is 24.3 Å². The maximum atomic E-state index is 10.5. The number of phenolic OH excluding ortho intramolecular Hbond substituents is 1. The van der Waals surface area contributed by atoms with Crippen LogP contribution >= 0.6 is 0 Å². The van der Waals surface area contributed by atoms with E-state index in [2.05, 4.69) is 0 Å². The van der Waals surface area contributed by atoms with Crippen molar-refractivity contribution in [3.8, 4) is 5.75 Å². The minimum Gasteiger partial charge on any atom is -0.508 e. The Morgan fingerprint density at radius 1 is 1.21 bits per heavy atom. The van der Waals surface area contributed by atoms with Gasteiger partial charge in [0, 0.05) is 35.1 Å². The SMILES string of the molecule is O=S(=O)(O)C(O)c1ccccc1O.[Na]. The van der Waals surface area contributed by atoms with Crippen LogP contribution in [0, 0.1) is 0 Å². The molecule has 0 bridgehead atoms. The molecule has 1 rings (SSSR count). The summed E-state index contributed by atoms with van der Waals surface area (Å²) < 4.78 is 29.4. The molecule has 5 nitrogen and oxygen atoms in total. The zero-order valence-corrected chi connectivity index (χ0v) is 10.3. The molecule has 1 aromatic carbocycles. The van der Waals surface area contributed by atoms with Gasteiger partial charge >= 0.3 is 0 Å². The first-order valence-corrected chi connectivity index (χ1v) is 4.85. The molecule has 3 N–H and O–H groups in total. The fourth-order valence-corrected chi connectivity index (χ4v) is 1.38. The Morgan fingerprint density at radius 2 is 1.71 bits per heavy atom. The van der Waals surface area contributed by atoms with Gasteiger partial charge in [-0.2, -0.15) is 8.42 Å². The predicted molar refractivity (Wildman–Crippen MR) is 50.4 cm³/mol. The van der Waals surface area contributed by atoms with Crippen molar-refractivity contribution in [3.63, 3.8) is 0 Å². The molecule has 0 aromatic heterocycles. The molecule has 73 valence electrons. The maximum absolute atomic E-state index is 10.5. The number of phenols is 1. The summed E-state index contributed by atoms with van der Waals surface area (Å²) in [6, 6.07) is 5.32. The van der Waals surface area contributed by atoms with Crippen LogP contribution in [0.4, 0.5) is 0 Å². The Labute approximate surface area is 103 Å². The molecule has 0 saturated carbocycles. The fraction of sp³-hybridized carbons (Fsp3) is 0.143. The predicted octanol–water partition coefficient (Wildman–Crippen LogP) is -0.110. The van der Waals surface area contributed by atoms with Crippen LogP contribution in [0.5, 0.6) is 5.75 Å². The van der Waals surface area contributed by atoms with Crippen molar-refractivity contribution >= 4 is 39.7 Å². The third-order valence-corrected chi connectivity index (χ3v) is 2.30. The third-order valence-electron chi connectivity index (χ3n) is 1.48. The van der Waals surface area contributed by atoms with E-state index in [0.29, 0.717) is 0 Å². The number of hydrogen-bond donors (Lipinski definition) is 3. The molecule has 7 heteroatoms. The van der Waals surface area contributed by atoms with Crippen molar-refractivity contribution in [1.82, 2.24) is 0 Å². The van der Waals surface area contributed by atoms with E-state index in [4.69, 9.17) is 14.8 Å². The van der Waals surface area contributed by atoms with Gasteiger partial charge in [0.15, 0.2) is 0 Å². The zero-order chi connectivity index (χ0) is 10.1. The molecule has 0 aliphatic carbocycles. The molecule has 0 heterocycles. The summed E-state index contributed by atoms with van der Waals surface area (Å²) in [7, 11) is -4.58. The molecule has 0 fully saturated rings. The number of benzene rings is 1. The van der Waals surface area contributed by atoms with Crippen molar-refractivity contribution in [1.29, 1.82) is 0 Å². The zero-order valence-electron chi connectivity index (χ0n) is 7.45. The van der Waals surface area contributed by atoms with Crippen molar-refractivity contribution < 1.29 is 23.2 Å². The molecule has 1 unspecified atom stereocenters. The molecule has 1 aromatic rings. The second-order valence-electron chi connectivity index (χ2n) is 2.43. The van der Waals surface area contributed by atoms with Gasteiger partial charge in [-0.15, -0.1) is 0 Å². The quantitative estimate of drug-likeness (QED) is 0.484. The smallest absolute Gasteiger partial charge is 0.296 e. The molecule has 0 saturated heterocycles. The van der Waals surface area contributed by atoms with Gasteiger partial charge in [-0.3, -0.25) is 4.55 Å². The summed E-state index contributed by atoms with van der Waals surface area (Å²) >= 11 is 0. The molecule has 0 aliphatic heterocycles. The Hall–Kier alpha value is -0.110. The maximum Gasteiger partial charge on any atom is 0.296 e. The number of aliphatic hydroxyl groups excluding tert-OH is 1. The number of rotatable bonds is 2. The molecular formula is C7H8NaO5S. The molecular weight excluding hydrogens is 219 g/mol. The number of para-hydroxylation sites is 1. The summed E-state index contributed by atoms with van der Waals surface area (Å²) in [4.78, 5) is 0. The minimum absolute atomic E-state index is 0. The molecule has 1 atom stereocenters. The van der Waals surface area contributed by atoms with Crippen LogP contribution in [0.25, 0.3) is 0 Å². The van der Waals surface area contributed by atoms with Crippen molar-refractivity contribution in [2.24, 2.45) is 0 Å². The second-order valence-corrected chi connectivity index (χ2v) is 3.90. The standard InChI is InChI=1S/C7H8O5S.Na/c8-6-4-2-1-3-5(6)7(9)13(10,11)12;/h1-4,7-9H,(H,10,11,12);. The van der Waals surface area contributed by atoms with Crippen LogP contribution in [-0.4, -0.2) is 52.7 Å². The Bertz CT molecular complexity index is 402. The monoisotopic (exact) mass is 227 g/mol. The van der Waals surface area contributed by atoms with E-state index >= 15 is 0 Å². The van der Waals surface area contributed by atoms with Gasteiger partial charge < -0.3 is 10.2 Å². The summed E-state index contributed by atoms with van der Waals surface area (Å²) in [5.74, 6) is -0.382. The number of hydrogen-bond acceptors (Lipinski definition) is 4. The van der Waals surface area contributed by atoms with Crippen LogP contribution in [0.3, 0.4) is 0 Å². The summed E-state index contributed by atoms with van der Waals surface area (Å²) in [6.07, 6.45) is 0. The van der Waals surface area contributed by atoms with E-state index in [0.717, 1.165) is 0 Å². The van der Waals surface area contributed by atoms with Crippen molar-refractivity contribution in [2.75, 3.05) is 0 Å². The van der Waals surface area contributed by atoms with Crippen molar-refractivity contribution in [3.05, 3.63) is 29.8 Å². The molecule has 0 spiro atoms. The van der Waals surface area contributed by atoms with E-state index in [1.165, 1.54) is 24.3 Å². The normalized spacial score (nSPS) is 13.0. The largest absolute Gasteiger partial charge is 0.508 e. The Balaban J connectivity index is 0.00000169. The van der Waals surface area contributed by atoms with Gasteiger partial charge in [-0.05, 0) is 6.07 Å². The molecule has 0 aliphatic rings. The molecule has 0 amide bonds. The van der Waals surface area contributed by atoms with Crippen molar-refractivity contribution in [2.45, 2.75) is 5.44 Å². The van der Waals surface area contributed by atoms with Gasteiger partial charge in [-0.1, -0.05) is 18.2 Å². The molecule has 14 heavy (non-hydrogen) atoms. The average Bonchev–Trinajstić information content (AvgIpc) is 2.02. The first-order chi connectivity index (χ1) is 5.93. The summed E-state index contributed by atoms with van der Waals surface area (Å²) in [5.41, 5.74) is -2.35. The van der Waals surface area contributed by atoms with E-state index in [-0.39, 0.29) is 40.9 Å². The summed E-state index contributed by atoms with van der Waals surface area (Å²) in [5, 5.41) is 18.1. The van der Waals surface area contributed by atoms with Gasteiger partial charge in [-0.25, -0.2) is 0 Å². The van der Waals surface area contributed by atoms with Crippen LogP contribution in [0.2, 0.25) is 0 Å². The Kier molecular flexibility index (Phi) is 5.07. The minimum atomic E-state index is -4.58. The molecule has 1 radical (unpaired) electrons. The van der Waals surface area contributed by atoms with Gasteiger partial charge in [0.05, 0.1) is 0 Å². The fourth-order valence-electron chi connectivity index (χ4n) is 0.857. The van der Waals surface area contributed by atoms with Gasteiger partial charge in [0.1, 0.15) is 5.75 Å². The topological polar surface area (TPSA) is 94.8 Å². The van der Waals surface area contributed by atoms with E-state index in [1.54, 1.807) is 0 Å².